The highest BCUT2D eigenvalue weighted by Crippen LogP contribution is 2.40. The van der Waals surface area contributed by atoms with Crippen molar-refractivity contribution in [2.45, 2.75) is 31.2 Å². The highest BCUT2D eigenvalue weighted by atomic mass is 127. The zero-order valence-electron chi connectivity index (χ0n) is 14.6. The van der Waals surface area contributed by atoms with Gasteiger partial charge in [0.1, 0.15) is 31.1 Å². The van der Waals surface area contributed by atoms with Crippen LogP contribution in [0.15, 0.2) is 11.3 Å². The monoisotopic (exact) mass is 497 g/mol. The number of hydrogen-bond donors (Lipinski definition) is 1. The molecule has 0 aromatic heterocycles. The molecule has 146 valence electrons. The minimum Gasteiger partial charge on any atom is -0.543 e. The summed E-state index contributed by atoms with van der Waals surface area (Å²) in [5.41, 5.74) is 6.47. The fourth-order valence-electron chi connectivity index (χ4n) is 3.94. The molecular weight excluding hydrogens is 473 g/mol. The van der Waals surface area contributed by atoms with Crippen LogP contribution in [0.3, 0.4) is 0 Å². The van der Waals surface area contributed by atoms with Crippen LogP contribution >= 0.6 is 35.7 Å². The van der Waals surface area contributed by atoms with E-state index in [1.807, 2.05) is 0 Å². The third-order valence-corrected chi connectivity index (χ3v) is 6.55. The molecule has 1 amide bonds. The molecule has 2 saturated heterocycles. The molecule has 0 saturated carbocycles. The summed E-state index contributed by atoms with van der Waals surface area (Å²) in [6.45, 7) is 4.68. The van der Waals surface area contributed by atoms with Crippen molar-refractivity contribution in [3.8, 4) is 0 Å². The molecule has 0 radical (unpaired) electrons. The topological polar surface area (TPSA) is 113 Å². The molecule has 2 atom stereocenters. The lowest BCUT2D eigenvalue weighted by molar-refractivity contribution is -0.912. The maximum absolute atomic E-state index is 12.0. The second-order valence-corrected chi connectivity index (χ2v) is 8.00. The van der Waals surface area contributed by atoms with E-state index in [0.717, 1.165) is 25.9 Å². The summed E-state index contributed by atoms with van der Waals surface area (Å²) < 4.78 is 5.77. The van der Waals surface area contributed by atoms with Gasteiger partial charge in [-0.05, 0) is 0 Å². The lowest BCUT2D eigenvalue weighted by atomic mass is 10.0. The van der Waals surface area contributed by atoms with E-state index in [9.17, 15) is 19.5 Å². The molecule has 0 spiro atoms. The van der Waals surface area contributed by atoms with Crippen molar-refractivity contribution < 1.29 is 28.7 Å². The van der Waals surface area contributed by atoms with Crippen molar-refractivity contribution >= 4 is 53.6 Å². The highest BCUT2D eigenvalue weighted by Gasteiger charge is 2.51. The molecule has 3 heterocycles. The average molecular weight is 497 g/mol. The van der Waals surface area contributed by atoms with E-state index >= 15 is 0 Å². The van der Waals surface area contributed by atoms with Crippen LogP contribution in [0.25, 0.3) is 0 Å². The molecule has 10 heteroatoms. The van der Waals surface area contributed by atoms with Gasteiger partial charge in [0.2, 0.25) is 5.91 Å². The van der Waals surface area contributed by atoms with Gasteiger partial charge in [-0.1, -0.05) is 0 Å². The number of carboxylic acid groups (broad SMARTS) is 1. The second kappa shape index (κ2) is 8.44. The van der Waals surface area contributed by atoms with Crippen LogP contribution in [0.2, 0.25) is 0 Å². The Bertz CT molecular complexity index is 635. The van der Waals surface area contributed by atoms with Gasteiger partial charge in [0, 0.05) is 31.1 Å². The molecule has 3 rings (SSSR count). The number of fused-ring (bicyclic) bond motifs is 1. The van der Waals surface area contributed by atoms with Gasteiger partial charge < -0.3 is 24.9 Å². The van der Waals surface area contributed by atoms with Crippen molar-refractivity contribution in [3.63, 3.8) is 0 Å². The molecule has 0 unspecified atom stereocenters. The average Bonchev–Trinajstić information content (AvgIpc) is 3.01. The Kier molecular flexibility index (Phi) is 6.97. The fraction of sp³-hybridized carbons (Fsp3) is 0.688. The number of carbonyl (C=O) groups excluding carboxylic acids is 3. The SMILES string of the molecule is CC(=O)OCC[N+]1(CC2=C(C(=O)[O-])N3C(=O)[C@@H](N)[C@H]3SC2)CCCC1.I. The Morgan fingerprint density at radius 3 is 2.62 bits per heavy atom. The van der Waals surface area contributed by atoms with E-state index in [-0.39, 0.29) is 46.9 Å². The van der Waals surface area contributed by atoms with Gasteiger partial charge in [-0.15, -0.1) is 35.7 Å². The number of hydrogen-bond acceptors (Lipinski definition) is 7. The van der Waals surface area contributed by atoms with Crippen molar-refractivity contribution in [2.75, 3.05) is 38.5 Å². The molecule has 0 aromatic carbocycles. The number of quaternary nitrogens is 1. The highest BCUT2D eigenvalue weighted by molar-refractivity contribution is 14.0. The van der Waals surface area contributed by atoms with Gasteiger partial charge in [0.05, 0.1) is 24.8 Å². The minimum atomic E-state index is -1.32. The number of amides is 1. The third kappa shape index (κ3) is 4.02. The van der Waals surface area contributed by atoms with Crippen molar-refractivity contribution in [1.82, 2.24) is 4.90 Å². The summed E-state index contributed by atoms with van der Waals surface area (Å²) in [6.07, 6.45) is 2.11. The number of nitrogens with two attached hydrogens (primary N) is 1. The van der Waals surface area contributed by atoms with Gasteiger partial charge in [0.15, 0.2) is 0 Å². The summed E-state index contributed by atoms with van der Waals surface area (Å²) in [5.74, 6) is -1.47. The number of ether oxygens (including phenoxy) is 1. The van der Waals surface area contributed by atoms with Gasteiger partial charge in [-0.25, -0.2) is 0 Å². The first-order valence-corrected chi connectivity index (χ1v) is 9.52. The maximum atomic E-state index is 12.0. The van der Waals surface area contributed by atoms with E-state index in [4.69, 9.17) is 10.5 Å². The maximum Gasteiger partial charge on any atom is 0.302 e. The normalized spacial score (nSPS) is 26.7. The Morgan fingerprint density at radius 2 is 2.04 bits per heavy atom. The summed E-state index contributed by atoms with van der Waals surface area (Å²) in [6, 6.07) is -0.639. The molecule has 0 aliphatic carbocycles. The summed E-state index contributed by atoms with van der Waals surface area (Å²) in [4.78, 5) is 36.0. The number of likely N-dealkylation sites (tertiary alicyclic amines) is 1. The zero-order valence-corrected chi connectivity index (χ0v) is 17.8. The number of nitrogens with zero attached hydrogens (tertiary/aromatic N) is 2. The van der Waals surface area contributed by atoms with Crippen LogP contribution in [0, 0.1) is 0 Å². The quantitative estimate of drug-likeness (QED) is 0.217. The first-order chi connectivity index (χ1) is 11.8. The third-order valence-electron chi connectivity index (χ3n) is 5.19. The van der Waals surface area contributed by atoms with Crippen LogP contribution < -0.4 is 10.8 Å². The van der Waals surface area contributed by atoms with Crippen LogP contribution in [0.4, 0.5) is 0 Å². The number of carbonyl (C=O) groups is 3. The summed E-state index contributed by atoms with van der Waals surface area (Å²) >= 11 is 1.50. The van der Waals surface area contributed by atoms with Crippen LogP contribution in [0.1, 0.15) is 19.8 Å². The molecule has 0 bridgehead atoms. The standard InChI is InChI=1S/C16H23N3O5S.HI/c1-10(20)24-7-6-19(4-2-3-5-19)8-11-9-25-15-12(17)14(21)18(15)13(11)16(22)23;/h12,15H,2-9,17H2,1H3;1H/t12-,15-;/m1./s1. The lowest BCUT2D eigenvalue weighted by Crippen LogP contribution is -2.69. The van der Waals surface area contributed by atoms with Gasteiger partial charge >= 0.3 is 5.97 Å². The molecule has 0 aromatic rings. The van der Waals surface area contributed by atoms with Gasteiger partial charge in [0.25, 0.3) is 0 Å². The van der Waals surface area contributed by atoms with Gasteiger partial charge in [-0.2, -0.15) is 0 Å². The molecular formula is C16H24IN3O5S. The number of aliphatic carboxylic acids is 1. The van der Waals surface area contributed by atoms with Crippen molar-refractivity contribution in [3.05, 3.63) is 11.3 Å². The Morgan fingerprint density at radius 1 is 1.38 bits per heavy atom. The largest absolute Gasteiger partial charge is 0.543 e. The summed E-state index contributed by atoms with van der Waals surface area (Å²) in [5, 5.41) is 11.4. The Labute approximate surface area is 173 Å². The molecule has 2 fully saturated rings. The predicted molar refractivity (Wildman–Crippen MR) is 104 cm³/mol. The van der Waals surface area contributed by atoms with E-state index in [1.54, 1.807) is 0 Å². The number of thioether (sulfide) groups is 1. The van der Waals surface area contributed by atoms with Crippen molar-refractivity contribution in [2.24, 2.45) is 5.73 Å². The number of rotatable bonds is 6. The summed E-state index contributed by atoms with van der Waals surface area (Å²) in [7, 11) is 0. The number of β-lactam (4-membered cyclic amide) rings is 1. The molecule has 3 aliphatic heterocycles. The van der Waals surface area contributed by atoms with Crippen LogP contribution in [-0.2, 0) is 19.1 Å². The second-order valence-electron chi connectivity index (χ2n) is 6.89. The number of halogens is 1. The molecule has 26 heavy (non-hydrogen) atoms. The lowest BCUT2D eigenvalue weighted by Gasteiger charge is -2.50. The van der Waals surface area contributed by atoms with E-state index < -0.39 is 12.0 Å². The van der Waals surface area contributed by atoms with Crippen LogP contribution in [0.5, 0.6) is 0 Å². The first kappa shape index (κ1) is 21.5. The van der Waals surface area contributed by atoms with E-state index in [1.165, 1.54) is 23.6 Å². The Balaban J connectivity index is 0.00000243. The molecule has 3 aliphatic rings. The molecule has 2 N–H and O–H groups in total. The molecule has 8 nitrogen and oxygen atoms in total. The Hall–Kier alpha value is -0.850. The smallest absolute Gasteiger partial charge is 0.302 e. The first-order valence-electron chi connectivity index (χ1n) is 8.47. The minimum absolute atomic E-state index is 0. The van der Waals surface area contributed by atoms with Crippen molar-refractivity contribution in [1.29, 1.82) is 0 Å². The number of esters is 1. The van der Waals surface area contributed by atoms with Crippen LogP contribution in [-0.4, -0.2) is 77.2 Å². The van der Waals surface area contributed by atoms with E-state index in [2.05, 4.69) is 0 Å². The fourth-order valence-corrected chi connectivity index (χ4v) is 5.23. The van der Waals surface area contributed by atoms with Gasteiger partial charge in [-0.3, -0.25) is 14.5 Å². The van der Waals surface area contributed by atoms with E-state index in [0.29, 0.717) is 35.5 Å². The zero-order chi connectivity index (χ0) is 18.2. The predicted octanol–water partition coefficient (Wildman–Crippen LogP) is -0.975. The number of carboxylic acids is 1.